The molecule has 2 amide bonds. The van der Waals surface area contributed by atoms with Crippen LogP contribution in [0.1, 0.15) is 59.8 Å². The lowest BCUT2D eigenvalue weighted by Crippen LogP contribution is -2.44. The van der Waals surface area contributed by atoms with Crippen LogP contribution >= 0.6 is 0 Å². The van der Waals surface area contributed by atoms with Crippen molar-refractivity contribution in [2.45, 2.75) is 77.7 Å². The van der Waals surface area contributed by atoms with Crippen LogP contribution in [0.15, 0.2) is 73.1 Å². The molecule has 0 radical (unpaired) electrons. The number of hydrogen-bond acceptors (Lipinski definition) is 5. The third kappa shape index (κ3) is 9.03. The molecule has 4 aromatic rings. The Morgan fingerprint density at radius 3 is 1.48 bits per heavy atom. The Kier molecular flexibility index (Phi) is 11.6. The first kappa shape index (κ1) is 31.5. The van der Waals surface area contributed by atoms with Gasteiger partial charge in [0.05, 0.1) is 38.5 Å². The maximum absolute atomic E-state index is 14.0. The van der Waals surface area contributed by atoms with Crippen molar-refractivity contribution >= 4 is 6.03 Å². The smallest absolute Gasteiger partial charge is 0.320 e. The number of unbranched alkanes of at least 4 members (excludes halogenated alkanes) is 2. The molecule has 0 bridgehead atoms. The molecule has 0 unspecified atom stereocenters. The van der Waals surface area contributed by atoms with Crippen LogP contribution in [0.2, 0.25) is 0 Å². The summed E-state index contributed by atoms with van der Waals surface area (Å²) in [5, 5.41) is 0. The minimum atomic E-state index is -0.0911. The van der Waals surface area contributed by atoms with Crippen LogP contribution in [0.5, 0.6) is 0 Å². The number of carbonyl (C=O) groups is 1. The van der Waals surface area contributed by atoms with Crippen LogP contribution in [0.4, 0.5) is 4.79 Å². The topological polar surface area (TPSA) is 99.4 Å². The van der Waals surface area contributed by atoms with E-state index in [0.717, 1.165) is 72.7 Å². The molecule has 0 aliphatic carbocycles. The lowest BCUT2D eigenvalue weighted by molar-refractivity contribution is 0.0275. The Hall–Kier alpha value is -3.95. The average Bonchev–Trinajstić information content (AvgIpc) is 3.72. The molecule has 1 aliphatic rings. The van der Waals surface area contributed by atoms with E-state index >= 15 is 0 Å². The highest BCUT2D eigenvalue weighted by Gasteiger charge is 2.45. The third-order valence-electron chi connectivity index (χ3n) is 8.24. The maximum atomic E-state index is 14.0. The Labute approximate surface area is 261 Å². The number of imidazole rings is 2. The highest BCUT2D eigenvalue weighted by atomic mass is 16.5. The number of aryl methyl sites for hydroxylation is 4. The average molecular weight is 599 g/mol. The number of nitrogens with zero attached hydrogens (tertiary/aromatic N) is 4. The van der Waals surface area contributed by atoms with Crippen LogP contribution in [0, 0.1) is 13.8 Å². The molecule has 1 saturated heterocycles. The lowest BCUT2D eigenvalue weighted by atomic mass is 10.1. The summed E-state index contributed by atoms with van der Waals surface area (Å²) in [6.07, 6.45) is 9.40. The number of benzene rings is 2. The number of hydrogen-bond donors (Lipinski definition) is 2. The second-order valence-electron chi connectivity index (χ2n) is 11.7. The first-order valence-electron chi connectivity index (χ1n) is 15.9. The van der Waals surface area contributed by atoms with E-state index in [-0.39, 0.29) is 18.1 Å². The highest BCUT2D eigenvalue weighted by molar-refractivity contribution is 5.78. The van der Waals surface area contributed by atoms with Crippen LogP contribution < -0.4 is 0 Å². The molecular formula is C35H46N6O3. The number of carbonyl (C=O) groups excluding carboxylic acids is 1. The first-order valence-corrected chi connectivity index (χ1v) is 15.9. The van der Waals surface area contributed by atoms with Crippen molar-refractivity contribution in [3.63, 3.8) is 0 Å². The fourth-order valence-electron chi connectivity index (χ4n) is 5.93. The Bertz CT molecular complexity index is 1300. The van der Waals surface area contributed by atoms with Crippen LogP contribution in [0.3, 0.4) is 0 Å². The fraction of sp³-hybridized carbons (Fsp3) is 0.457. The summed E-state index contributed by atoms with van der Waals surface area (Å²) in [6.45, 7) is 7.26. The second-order valence-corrected chi connectivity index (χ2v) is 11.7. The number of rotatable bonds is 18. The van der Waals surface area contributed by atoms with Gasteiger partial charge in [-0.1, -0.05) is 60.7 Å². The summed E-state index contributed by atoms with van der Waals surface area (Å²) in [5.41, 5.74) is 4.53. The summed E-state index contributed by atoms with van der Waals surface area (Å²) in [4.78, 5) is 33.4. The number of aromatic nitrogens is 4. The summed E-state index contributed by atoms with van der Waals surface area (Å²) in [7, 11) is 0. The molecule has 2 aromatic heterocycles. The summed E-state index contributed by atoms with van der Waals surface area (Å²) in [5.74, 6) is 1.86. The first-order chi connectivity index (χ1) is 21.6. The van der Waals surface area contributed by atoms with Crippen molar-refractivity contribution in [3.05, 3.63) is 107 Å². The standard InChI is InChI=1S/C35H46N6O3/c1-27-36-21-31(38-27)17-9-11-19-40-33(25-43-23-29-13-5-3-6-14-29)34(26-44-24-30-15-7-4-8-16-30)41(35(40)42)20-12-10-18-32-22-37-28(2)39-32/h3-8,13-16,21-22,33-34H,9-12,17-20,23-26H2,1-2H3,(H,36,38)(H,37,39)/t33-,34-/m1/s1. The number of H-pyrrole nitrogens is 2. The molecular weight excluding hydrogens is 552 g/mol. The molecule has 44 heavy (non-hydrogen) atoms. The Morgan fingerprint density at radius 1 is 0.659 bits per heavy atom. The van der Waals surface area contributed by atoms with Crippen molar-refractivity contribution in [2.24, 2.45) is 0 Å². The van der Waals surface area contributed by atoms with Gasteiger partial charge in [-0.05, 0) is 63.5 Å². The Balaban J connectivity index is 1.25. The minimum Gasteiger partial charge on any atom is -0.375 e. The zero-order valence-corrected chi connectivity index (χ0v) is 26.1. The molecule has 2 atom stereocenters. The van der Waals surface area contributed by atoms with E-state index in [9.17, 15) is 4.79 Å². The molecule has 0 saturated carbocycles. The van der Waals surface area contributed by atoms with Crippen molar-refractivity contribution in [3.8, 4) is 0 Å². The fourth-order valence-corrected chi connectivity index (χ4v) is 5.93. The molecule has 5 rings (SSSR count). The van der Waals surface area contributed by atoms with Crippen molar-refractivity contribution in [1.29, 1.82) is 0 Å². The molecule has 1 fully saturated rings. The van der Waals surface area contributed by atoms with E-state index in [1.165, 1.54) is 0 Å². The van der Waals surface area contributed by atoms with Crippen LogP contribution in [-0.4, -0.2) is 74.2 Å². The van der Waals surface area contributed by atoms with Crippen LogP contribution in [0.25, 0.3) is 0 Å². The van der Waals surface area contributed by atoms with E-state index in [2.05, 4.69) is 44.2 Å². The largest absolute Gasteiger partial charge is 0.375 e. The molecule has 2 N–H and O–H groups in total. The van der Waals surface area contributed by atoms with Gasteiger partial charge < -0.3 is 29.2 Å². The lowest BCUT2D eigenvalue weighted by Gasteiger charge is -2.28. The van der Waals surface area contributed by atoms with Gasteiger partial charge in [0, 0.05) is 36.9 Å². The number of nitrogens with one attached hydrogen (secondary N) is 2. The predicted molar refractivity (Wildman–Crippen MR) is 171 cm³/mol. The zero-order valence-electron chi connectivity index (χ0n) is 26.1. The monoisotopic (exact) mass is 598 g/mol. The normalized spacial score (nSPS) is 16.7. The summed E-state index contributed by atoms with van der Waals surface area (Å²) < 4.78 is 12.6. The van der Waals surface area contributed by atoms with Crippen molar-refractivity contribution in [1.82, 2.24) is 29.7 Å². The molecule has 0 spiro atoms. The SMILES string of the molecule is Cc1ncc(CCCCN2C(=O)N(CCCCc3cnc(C)[nH]3)[C@H](COCc3ccccc3)[C@H]2COCc2ccccc2)[nH]1. The molecule has 9 heteroatoms. The van der Waals surface area contributed by atoms with E-state index in [1.54, 1.807) is 0 Å². The van der Waals surface area contributed by atoms with Gasteiger partial charge in [0.1, 0.15) is 11.6 Å². The van der Waals surface area contributed by atoms with E-state index in [4.69, 9.17) is 9.47 Å². The third-order valence-corrected chi connectivity index (χ3v) is 8.24. The number of ether oxygens (including phenoxy) is 2. The van der Waals surface area contributed by atoms with Gasteiger partial charge >= 0.3 is 6.03 Å². The quantitative estimate of drug-likeness (QED) is 0.137. The maximum Gasteiger partial charge on any atom is 0.320 e. The van der Waals surface area contributed by atoms with E-state index in [1.807, 2.05) is 72.4 Å². The summed E-state index contributed by atoms with van der Waals surface area (Å²) >= 11 is 0. The van der Waals surface area contributed by atoms with Gasteiger partial charge in [-0.25, -0.2) is 14.8 Å². The zero-order chi connectivity index (χ0) is 30.6. The van der Waals surface area contributed by atoms with Gasteiger partial charge in [-0.3, -0.25) is 0 Å². The van der Waals surface area contributed by atoms with Crippen molar-refractivity contribution < 1.29 is 14.3 Å². The van der Waals surface area contributed by atoms with Gasteiger partial charge in [-0.2, -0.15) is 0 Å². The highest BCUT2D eigenvalue weighted by Crippen LogP contribution is 2.26. The summed E-state index contributed by atoms with van der Waals surface area (Å²) in [6, 6.07) is 20.3. The molecule has 3 heterocycles. The molecule has 234 valence electrons. The minimum absolute atomic E-state index is 0.0846. The number of urea groups is 1. The van der Waals surface area contributed by atoms with Gasteiger partial charge in [0.25, 0.3) is 0 Å². The van der Waals surface area contributed by atoms with Crippen LogP contribution in [-0.2, 0) is 35.5 Å². The molecule has 2 aromatic carbocycles. The van der Waals surface area contributed by atoms with Gasteiger partial charge in [-0.15, -0.1) is 0 Å². The predicted octanol–water partition coefficient (Wildman–Crippen LogP) is 6.00. The number of aromatic amines is 2. The Morgan fingerprint density at radius 2 is 1.09 bits per heavy atom. The van der Waals surface area contributed by atoms with Crippen molar-refractivity contribution in [2.75, 3.05) is 26.3 Å². The number of amides is 2. The van der Waals surface area contributed by atoms with E-state index in [0.29, 0.717) is 39.5 Å². The van der Waals surface area contributed by atoms with Gasteiger partial charge in [0.2, 0.25) is 0 Å². The molecule has 1 aliphatic heterocycles. The van der Waals surface area contributed by atoms with Gasteiger partial charge in [0.15, 0.2) is 0 Å². The molecule has 9 nitrogen and oxygen atoms in total. The second kappa shape index (κ2) is 16.2. The van der Waals surface area contributed by atoms with E-state index < -0.39 is 0 Å².